The lowest BCUT2D eigenvalue weighted by molar-refractivity contribution is -0.116. The summed E-state index contributed by atoms with van der Waals surface area (Å²) in [5.41, 5.74) is 2.23. The summed E-state index contributed by atoms with van der Waals surface area (Å²) in [7, 11) is 1.86. The van der Waals surface area contributed by atoms with Gasteiger partial charge in [0.1, 0.15) is 12.4 Å². The molecule has 3 aromatic rings. The Kier molecular flexibility index (Phi) is 5.54. The van der Waals surface area contributed by atoms with Gasteiger partial charge in [0.15, 0.2) is 11.0 Å². The minimum Gasteiger partial charge on any atom is -0.484 e. The highest BCUT2D eigenvalue weighted by Crippen LogP contribution is 2.29. The number of carbonyl (C=O) groups is 1. The quantitative estimate of drug-likeness (QED) is 0.575. The third-order valence-electron chi connectivity index (χ3n) is 4.63. The van der Waals surface area contributed by atoms with E-state index in [0.717, 1.165) is 18.7 Å². The lowest BCUT2D eigenvalue weighted by Crippen LogP contribution is -2.30. The molecule has 6 nitrogen and oxygen atoms in total. The monoisotopic (exact) mass is 414 g/mol. The molecule has 1 amide bonds. The van der Waals surface area contributed by atoms with E-state index >= 15 is 0 Å². The second-order valence-electron chi connectivity index (χ2n) is 6.39. The van der Waals surface area contributed by atoms with Crippen LogP contribution in [0.5, 0.6) is 5.75 Å². The lowest BCUT2D eigenvalue weighted by Gasteiger charge is -2.16. The minimum atomic E-state index is 0.0758. The Labute approximate surface area is 172 Å². The fraction of sp³-hybridized carbons (Fsp3) is 0.250. The predicted octanol–water partition coefficient (Wildman–Crippen LogP) is 3.73. The average molecular weight is 415 g/mol. The normalized spacial score (nSPS) is 12.9. The number of hydrogen-bond donors (Lipinski definition) is 0. The van der Waals surface area contributed by atoms with Crippen LogP contribution < -0.4 is 9.64 Å². The van der Waals surface area contributed by atoms with Crippen LogP contribution in [0.1, 0.15) is 11.4 Å². The Morgan fingerprint density at radius 1 is 1.18 bits per heavy atom. The first-order valence-corrected chi connectivity index (χ1v) is 10.3. The van der Waals surface area contributed by atoms with Crippen molar-refractivity contribution in [3.8, 4) is 5.75 Å². The van der Waals surface area contributed by atoms with Crippen molar-refractivity contribution in [3.05, 3.63) is 64.9 Å². The van der Waals surface area contributed by atoms with Crippen molar-refractivity contribution in [2.75, 3.05) is 17.2 Å². The van der Waals surface area contributed by atoms with Crippen LogP contribution in [-0.4, -0.2) is 33.0 Å². The number of carbonyl (C=O) groups excluding carboxylic acids is 1. The molecule has 0 radical (unpaired) electrons. The Morgan fingerprint density at radius 2 is 1.96 bits per heavy atom. The van der Waals surface area contributed by atoms with Gasteiger partial charge in [0.05, 0.1) is 10.8 Å². The number of halogens is 1. The largest absolute Gasteiger partial charge is 0.484 e. The van der Waals surface area contributed by atoms with E-state index in [4.69, 9.17) is 16.3 Å². The molecule has 0 spiro atoms. The van der Waals surface area contributed by atoms with E-state index in [1.807, 2.05) is 46.8 Å². The Balaban J connectivity index is 1.36. The zero-order valence-electron chi connectivity index (χ0n) is 15.3. The van der Waals surface area contributed by atoms with Gasteiger partial charge in [-0.3, -0.25) is 4.79 Å². The van der Waals surface area contributed by atoms with Gasteiger partial charge < -0.3 is 14.2 Å². The van der Waals surface area contributed by atoms with Gasteiger partial charge in [-0.25, -0.2) is 0 Å². The molecule has 1 aliphatic rings. The maximum absolute atomic E-state index is 12.7. The number of benzene rings is 2. The molecule has 8 heteroatoms. The van der Waals surface area contributed by atoms with Gasteiger partial charge in [-0.05, 0) is 30.2 Å². The second-order valence-corrected chi connectivity index (χ2v) is 7.74. The molecule has 0 fully saturated rings. The zero-order valence-corrected chi connectivity index (χ0v) is 16.9. The van der Waals surface area contributed by atoms with Crippen LogP contribution in [0.2, 0.25) is 5.02 Å². The zero-order chi connectivity index (χ0) is 19.5. The van der Waals surface area contributed by atoms with Gasteiger partial charge in [0.25, 0.3) is 0 Å². The molecule has 4 rings (SSSR count). The number of thioether (sulfide) groups is 1. The van der Waals surface area contributed by atoms with Crippen LogP contribution in [0.25, 0.3) is 0 Å². The highest BCUT2D eigenvalue weighted by atomic mass is 35.5. The third-order valence-corrected chi connectivity index (χ3v) is 5.95. The maximum Gasteiger partial charge on any atom is 0.237 e. The van der Waals surface area contributed by atoms with Crippen LogP contribution in [0, 0.1) is 0 Å². The van der Waals surface area contributed by atoms with Crippen molar-refractivity contribution in [1.82, 2.24) is 14.8 Å². The summed E-state index contributed by atoms with van der Waals surface area (Å²) in [5.74, 6) is 1.66. The Bertz CT molecular complexity index is 1010. The number of nitrogens with zero attached hydrogens (tertiary/aromatic N) is 4. The molecular formula is C20H19ClN4O2S. The number of fused-ring (bicyclic) bond motifs is 1. The first kappa shape index (κ1) is 18.8. The Hall–Kier alpha value is -2.51. The number of ether oxygens (including phenoxy) is 1. The second kappa shape index (κ2) is 8.24. The van der Waals surface area contributed by atoms with Gasteiger partial charge >= 0.3 is 0 Å². The standard InChI is InChI=1S/C20H19ClN4O2S/c1-24-18(12-27-17-9-5-3-7-15(17)21)22-23-20(24)28-13-19(26)25-11-10-14-6-2-4-8-16(14)25/h2-9H,10-13H2,1H3. The van der Waals surface area contributed by atoms with Crippen LogP contribution in [-0.2, 0) is 24.9 Å². The maximum atomic E-state index is 12.7. The fourth-order valence-electron chi connectivity index (χ4n) is 3.10. The number of para-hydroxylation sites is 2. The molecule has 0 aliphatic carbocycles. The molecule has 144 valence electrons. The number of rotatable bonds is 6. The summed E-state index contributed by atoms with van der Waals surface area (Å²) >= 11 is 7.48. The summed E-state index contributed by atoms with van der Waals surface area (Å²) in [4.78, 5) is 14.5. The topological polar surface area (TPSA) is 60.2 Å². The SMILES string of the molecule is Cn1c(COc2ccccc2Cl)nnc1SCC(=O)N1CCc2ccccc21. The van der Waals surface area contributed by atoms with E-state index < -0.39 is 0 Å². The van der Waals surface area contributed by atoms with E-state index in [1.165, 1.54) is 17.3 Å². The van der Waals surface area contributed by atoms with Crippen molar-refractivity contribution in [1.29, 1.82) is 0 Å². The van der Waals surface area contributed by atoms with Gasteiger partial charge in [0, 0.05) is 19.3 Å². The summed E-state index contributed by atoms with van der Waals surface area (Å²) in [6.45, 7) is 0.982. The van der Waals surface area contributed by atoms with E-state index in [9.17, 15) is 4.79 Å². The molecular weight excluding hydrogens is 396 g/mol. The molecule has 2 heterocycles. The number of aromatic nitrogens is 3. The van der Waals surface area contributed by atoms with Gasteiger partial charge in [-0.1, -0.05) is 53.7 Å². The van der Waals surface area contributed by atoms with Crippen LogP contribution in [0.4, 0.5) is 5.69 Å². The van der Waals surface area contributed by atoms with Gasteiger partial charge in [0.2, 0.25) is 5.91 Å². The van der Waals surface area contributed by atoms with Crippen LogP contribution in [0.15, 0.2) is 53.7 Å². The first-order chi connectivity index (χ1) is 13.6. The smallest absolute Gasteiger partial charge is 0.237 e. The molecule has 1 aliphatic heterocycles. The Morgan fingerprint density at radius 3 is 2.82 bits per heavy atom. The lowest BCUT2D eigenvalue weighted by atomic mass is 10.2. The molecule has 0 saturated carbocycles. The molecule has 0 atom stereocenters. The summed E-state index contributed by atoms with van der Waals surface area (Å²) in [6.07, 6.45) is 0.903. The van der Waals surface area contributed by atoms with E-state index in [-0.39, 0.29) is 12.5 Å². The third kappa shape index (κ3) is 3.86. The van der Waals surface area contributed by atoms with Crippen molar-refractivity contribution in [2.24, 2.45) is 7.05 Å². The minimum absolute atomic E-state index is 0.0758. The van der Waals surface area contributed by atoms with Gasteiger partial charge in [-0.2, -0.15) is 0 Å². The fourth-order valence-corrected chi connectivity index (χ4v) is 4.10. The summed E-state index contributed by atoms with van der Waals surface area (Å²) in [6, 6.07) is 15.3. The average Bonchev–Trinajstić information content (AvgIpc) is 3.29. The van der Waals surface area contributed by atoms with Crippen molar-refractivity contribution < 1.29 is 9.53 Å². The van der Waals surface area contributed by atoms with E-state index in [0.29, 0.717) is 27.5 Å². The van der Waals surface area contributed by atoms with Crippen molar-refractivity contribution in [2.45, 2.75) is 18.2 Å². The molecule has 0 bridgehead atoms. The molecule has 0 unspecified atom stereocenters. The van der Waals surface area contributed by atoms with Crippen LogP contribution >= 0.6 is 23.4 Å². The number of anilines is 1. The molecule has 1 aromatic heterocycles. The molecule has 0 N–H and O–H groups in total. The molecule has 2 aromatic carbocycles. The predicted molar refractivity (Wildman–Crippen MR) is 110 cm³/mol. The number of hydrogen-bond acceptors (Lipinski definition) is 5. The van der Waals surface area contributed by atoms with Gasteiger partial charge in [-0.15, -0.1) is 10.2 Å². The highest BCUT2D eigenvalue weighted by molar-refractivity contribution is 7.99. The van der Waals surface area contributed by atoms with E-state index in [1.54, 1.807) is 12.1 Å². The van der Waals surface area contributed by atoms with Crippen molar-refractivity contribution in [3.63, 3.8) is 0 Å². The summed E-state index contributed by atoms with van der Waals surface area (Å²) in [5, 5.41) is 9.59. The van der Waals surface area contributed by atoms with Crippen LogP contribution in [0.3, 0.4) is 0 Å². The molecule has 28 heavy (non-hydrogen) atoms. The highest BCUT2D eigenvalue weighted by Gasteiger charge is 2.24. The summed E-state index contributed by atoms with van der Waals surface area (Å²) < 4.78 is 7.56. The molecule has 0 saturated heterocycles. The van der Waals surface area contributed by atoms with Crippen molar-refractivity contribution >= 4 is 35.0 Å². The first-order valence-electron chi connectivity index (χ1n) is 8.90. The number of amides is 1. The van der Waals surface area contributed by atoms with E-state index in [2.05, 4.69) is 16.3 Å².